The lowest BCUT2D eigenvalue weighted by atomic mass is 9.93. The zero-order valence-corrected chi connectivity index (χ0v) is 20.1. The first-order chi connectivity index (χ1) is 17.3. The van der Waals surface area contributed by atoms with E-state index in [4.69, 9.17) is 13.9 Å². The number of hydrogen-bond acceptors (Lipinski definition) is 5. The fraction of sp³-hybridized carbons (Fsp3) is 0.414. The molecule has 1 N–H and O–H groups in total. The van der Waals surface area contributed by atoms with E-state index in [0.717, 1.165) is 62.3 Å². The zero-order chi connectivity index (χ0) is 23.5. The van der Waals surface area contributed by atoms with Crippen LogP contribution in [-0.2, 0) is 22.3 Å². The highest BCUT2D eigenvalue weighted by atomic mass is 16.6. The van der Waals surface area contributed by atoms with Crippen LogP contribution in [-0.4, -0.2) is 54.0 Å². The predicted octanol–water partition coefficient (Wildman–Crippen LogP) is 5.28. The van der Waals surface area contributed by atoms with Crippen LogP contribution in [0.3, 0.4) is 0 Å². The summed E-state index contributed by atoms with van der Waals surface area (Å²) in [6, 6.07) is 21.0. The van der Waals surface area contributed by atoms with Gasteiger partial charge in [-0.25, -0.2) is 0 Å². The fourth-order valence-corrected chi connectivity index (χ4v) is 5.45. The van der Waals surface area contributed by atoms with Crippen molar-refractivity contribution in [2.45, 2.75) is 43.8 Å². The summed E-state index contributed by atoms with van der Waals surface area (Å²) in [5, 5.41) is 9.17. The molecule has 4 aromatic rings. The van der Waals surface area contributed by atoms with Crippen molar-refractivity contribution in [2.24, 2.45) is 0 Å². The van der Waals surface area contributed by atoms with Crippen molar-refractivity contribution in [3.05, 3.63) is 89.4 Å². The van der Waals surface area contributed by atoms with Crippen molar-refractivity contribution in [2.75, 3.05) is 32.8 Å². The Morgan fingerprint density at radius 2 is 1.80 bits per heavy atom. The number of rotatable bonds is 7. The number of para-hydroxylation sites is 1. The van der Waals surface area contributed by atoms with Crippen LogP contribution in [0.2, 0.25) is 0 Å². The minimum atomic E-state index is -0.0800. The van der Waals surface area contributed by atoms with Gasteiger partial charge in [0.2, 0.25) is 0 Å². The Morgan fingerprint density at radius 1 is 0.971 bits per heavy atom. The third kappa shape index (κ3) is 5.20. The van der Waals surface area contributed by atoms with Gasteiger partial charge in [0.25, 0.3) is 0 Å². The van der Waals surface area contributed by atoms with Gasteiger partial charge in [-0.15, -0.1) is 0 Å². The van der Waals surface area contributed by atoms with Crippen LogP contribution >= 0.6 is 0 Å². The second-order valence-electron chi connectivity index (χ2n) is 9.85. The molecule has 2 aromatic heterocycles. The van der Waals surface area contributed by atoms with E-state index in [2.05, 4.69) is 57.6 Å². The molecule has 2 atom stereocenters. The van der Waals surface area contributed by atoms with Crippen LogP contribution in [0, 0.1) is 0 Å². The maximum absolute atomic E-state index is 6.38. The smallest absolute Gasteiger partial charge is 0.134 e. The number of benzene rings is 2. The van der Waals surface area contributed by atoms with E-state index in [0.29, 0.717) is 19.1 Å². The summed E-state index contributed by atoms with van der Waals surface area (Å²) in [5.74, 6) is 0.496. The molecule has 4 heterocycles. The molecule has 0 radical (unpaired) electrons. The molecule has 35 heavy (non-hydrogen) atoms. The van der Waals surface area contributed by atoms with Crippen LogP contribution in [0.5, 0.6) is 0 Å². The molecule has 2 aliphatic heterocycles. The summed E-state index contributed by atoms with van der Waals surface area (Å²) in [6.45, 7) is 4.49. The molecular weight excluding hydrogens is 438 g/mol. The lowest BCUT2D eigenvalue weighted by Crippen LogP contribution is -2.34. The molecule has 2 fully saturated rings. The second kappa shape index (κ2) is 10.4. The summed E-state index contributed by atoms with van der Waals surface area (Å²) < 4.78 is 18.0. The highest BCUT2D eigenvalue weighted by molar-refractivity contribution is 5.80. The topological polar surface area (TPSA) is 63.5 Å². The van der Waals surface area contributed by atoms with Gasteiger partial charge in [-0.3, -0.25) is 5.10 Å². The number of aromatic amines is 1. The van der Waals surface area contributed by atoms with E-state index < -0.39 is 0 Å². The van der Waals surface area contributed by atoms with E-state index in [9.17, 15) is 0 Å². The summed E-state index contributed by atoms with van der Waals surface area (Å²) >= 11 is 0. The molecule has 2 saturated heterocycles. The van der Waals surface area contributed by atoms with E-state index >= 15 is 0 Å². The van der Waals surface area contributed by atoms with Crippen molar-refractivity contribution >= 4 is 11.0 Å². The molecule has 182 valence electrons. The third-order valence-electron chi connectivity index (χ3n) is 7.46. The first kappa shape index (κ1) is 22.5. The Hall–Kier alpha value is -2.93. The Kier molecular flexibility index (Phi) is 6.67. The van der Waals surface area contributed by atoms with Crippen molar-refractivity contribution in [3.8, 4) is 0 Å². The summed E-state index contributed by atoms with van der Waals surface area (Å²) in [6.07, 6.45) is 6.07. The maximum Gasteiger partial charge on any atom is 0.134 e. The average molecular weight is 472 g/mol. The first-order valence-corrected chi connectivity index (χ1v) is 12.8. The number of fused-ring (bicyclic) bond motifs is 1. The lowest BCUT2D eigenvalue weighted by Gasteiger charge is -2.31. The number of H-pyrrole nitrogens is 1. The standard InChI is InChI=1S/C29H33N3O3/c1-2-6-21(7-3-1)16-24-19-33-20-29(35-24)27-17-26(30-31-27)22-10-13-32(14-11-22)15-12-23-18-34-28-9-5-4-8-25(23)28/h1-9,17-18,22,24,29H,10-16,19-20H2,(H,30,31). The monoisotopic (exact) mass is 471 g/mol. The minimum Gasteiger partial charge on any atom is -0.464 e. The maximum atomic E-state index is 6.38. The first-order valence-electron chi connectivity index (χ1n) is 12.8. The minimum absolute atomic E-state index is 0.0680. The molecular formula is C29H33N3O3. The van der Waals surface area contributed by atoms with Crippen LogP contribution in [0.15, 0.2) is 71.3 Å². The molecule has 0 amide bonds. The van der Waals surface area contributed by atoms with Gasteiger partial charge in [0.15, 0.2) is 0 Å². The quantitative estimate of drug-likeness (QED) is 0.397. The average Bonchev–Trinajstić information content (AvgIpc) is 3.57. The van der Waals surface area contributed by atoms with Crippen LogP contribution in [0.1, 0.15) is 47.4 Å². The molecule has 0 aliphatic carbocycles. The van der Waals surface area contributed by atoms with E-state index in [-0.39, 0.29) is 12.2 Å². The number of ether oxygens (including phenoxy) is 2. The van der Waals surface area contributed by atoms with Gasteiger partial charge in [-0.2, -0.15) is 5.10 Å². The van der Waals surface area contributed by atoms with Gasteiger partial charge in [-0.05, 0) is 55.6 Å². The van der Waals surface area contributed by atoms with Gasteiger partial charge in [0.05, 0.1) is 37.0 Å². The largest absolute Gasteiger partial charge is 0.464 e. The van der Waals surface area contributed by atoms with Gasteiger partial charge < -0.3 is 18.8 Å². The number of nitrogens with zero attached hydrogens (tertiary/aromatic N) is 2. The highest BCUT2D eigenvalue weighted by Crippen LogP contribution is 2.31. The fourth-order valence-electron chi connectivity index (χ4n) is 5.45. The molecule has 6 heteroatoms. The number of nitrogens with one attached hydrogen (secondary N) is 1. The molecule has 2 aliphatic rings. The number of piperidine rings is 1. The Bertz CT molecular complexity index is 1230. The molecule has 0 saturated carbocycles. The Morgan fingerprint density at radius 3 is 2.69 bits per heavy atom. The van der Waals surface area contributed by atoms with Gasteiger partial charge in [-0.1, -0.05) is 48.5 Å². The molecule has 6 nitrogen and oxygen atoms in total. The van der Waals surface area contributed by atoms with E-state index in [1.807, 2.05) is 24.5 Å². The van der Waals surface area contributed by atoms with Crippen LogP contribution in [0.25, 0.3) is 11.0 Å². The van der Waals surface area contributed by atoms with Crippen LogP contribution in [0.4, 0.5) is 0 Å². The highest BCUT2D eigenvalue weighted by Gasteiger charge is 2.28. The van der Waals surface area contributed by atoms with E-state index in [1.165, 1.54) is 16.5 Å². The summed E-state index contributed by atoms with van der Waals surface area (Å²) in [4.78, 5) is 2.57. The summed E-state index contributed by atoms with van der Waals surface area (Å²) in [7, 11) is 0. The molecule has 2 unspecified atom stereocenters. The second-order valence-corrected chi connectivity index (χ2v) is 9.85. The Balaban J connectivity index is 1.00. The van der Waals surface area contributed by atoms with Gasteiger partial charge >= 0.3 is 0 Å². The van der Waals surface area contributed by atoms with Crippen molar-refractivity contribution in [1.82, 2.24) is 15.1 Å². The van der Waals surface area contributed by atoms with Gasteiger partial charge in [0, 0.05) is 24.3 Å². The molecule has 0 spiro atoms. The number of aromatic nitrogens is 2. The molecule has 6 rings (SSSR count). The SMILES string of the molecule is c1ccc(CC2COCC(c3cc(C4CCN(CCc5coc6ccccc56)CC4)n[nH]3)O2)cc1. The van der Waals surface area contributed by atoms with Crippen molar-refractivity contribution in [1.29, 1.82) is 0 Å². The lowest BCUT2D eigenvalue weighted by molar-refractivity contribution is -0.140. The normalized spacial score (nSPS) is 22.1. The number of likely N-dealkylation sites (tertiary alicyclic amines) is 1. The van der Waals surface area contributed by atoms with Crippen LogP contribution < -0.4 is 0 Å². The zero-order valence-electron chi connectivity index (χ0n) is 20.1. The number of furan rings is 1. The Labute approximate surface area is 206 Å². The van der Waals surface area contributed by atoms with Crippen molar-refractivity contribution < 1.29 is 13.9 Å². The summed E-state index contributed by atoms with van der Waals surface area (Å²) in [5.41, 5.74) is 5.76. The predicted molar refractivity (Wildman–Crippen MR) is 135 cm³/mol. The van der Waals surface area contributed by atoms with Gasteiger partial charge in [0.1, 0.15) is 11.7 Å². The van der Waals surface area contributed by atoms with Crippen molar-refractivity contribution in [3.63, 3.8) is 0 Å². The number of hydrogen-bond donors (Lipinski definition) is 1. The molecule has 2 aromatic carbocycles. The van der Waals surface area contributed by atoms with E-state index in [1.54, 1.807) is 0 Å². The third-order valence-corrected chi connectivity index (χ3v) is 7.46. The molecule has 0 bridgehead atoms.